The Morgan fingerprint density at radius 1 is 1.35 bits per heavy atom. The van der Waals surface area contributed by atoms with Gasteiger partial charge in [0.2, 0.25) is 0 Å². The first-order valence-corrected chi connectivity index (χ1v) is 7.18. The van der Waals surface area contributed by atoms with Crippen LogP contribution < -0.4 is 0 Å². The number of carbonyl (C=O) groups excluding carboxylic acids is 1. The Morgan fingerprint density at radius 3 is 2.40 bits per heavy atom. The molecule has 116 valence electrons. The maximum Gasteiger partial charge on any atom is 0.329 e. The molecule has 0 radical (unpaired) electrons. The molecule has 0 aliphatic carbocycles. The number of rotatable bonds is 5. The molecule has 1 aliphatic rings. The zero-order valence-electron chi connectivity index (χ0n) is 13.2. The third-order valence-electron chi connectivity index (χ3n) is 3.94. The number of carboxylic acid groups (broad SMARTS) is 1. The van der Waals surface area contributed by atoms with E-state index in [0.717, 1.165) is 19.4 Å². The van der Waals surface area contributed by atoms with Crippen LogP contribution in [-0.2, 0) is 4.79 Å². The third-order valence-corrected chi connectivity index (χ3v) is 3.94. The molecule has 1 rings (SSSR count). The van der Waals surface area contributed by atoms with Crippen LogP contribution in [0.25, 0.3) is 0 Å². The number of hydrogen-bond acceptors (Lipinski definition) is 3. The van der Waals surface area contributed by atoms with E-state index in [4.69, 9.17) is 0 Å². The van der Waals surface area contributed by atoms with Crippen LogP contribution >= 0.6 is 0 Å². The lowest BCUT2D eigenvalue weighted by Gasteiger charge is -2.39. The normalized spacial score (nSPS) is 19.5. The zero-order valence-corrected chi connectivity index (χ0v) is 13.2. The van der Waals surface area contributed by atoms with Crippen molar-refractivity contribution in [2.45, 2.75) is 45.2 Å². The van der Waals surface area contributed by atoms with Crippen molar-refractivity contribution in [3.63, 3.8) is 0 Å². The van der Waals surface area contributed by atoms with Crippen molar-refractivity contribution in [1.29, 1.82) is 0 Å². The highest BCUT2D eigenvalue weighted by Gasteiger charge is 2.41. The molecule has 1 fully saturated rings. The highest BCUT2D eigenvalue weighted by molar-refractivity contribution is 5.85. The van der Waals surface area contributed by atoms with Gasteiger partial charge in [-0.05, 0) is 47.7 Å². The highest BCUT2D eigenvalue weighted by atomic mass is 16.4. The molecule has 1 saturated heterocycles. The average Bonchev–Trinajstić information content (AvgIpc) is 2.76. The first-order chi connectivity index (χ1) is 9.21. The summed E-state index contributed by atoms with van der Waals surface area (Å²) < 4.78 is 0. The van der Waals surface area contributed by atoms with Gasteiger partial charge in [-0.2, -0.15) is 0 Å². The minimum atomic E-state index is -1.18. The maximum atomic E-state index is 12.7. The molecule has 0 aromatic heterocycles. The molecule has 2 amide bonds. The summed E-state index contributed by atoms with van der Waals surface area (Å²) in [6.07, 6.45) is 1.96. The predicted octanol–water partition coefficient (Wildman–Crippen LogP) is 1.32. The van der Waals surface area contributed by atoms with Crippen LogP contribution in [0.1, 0.15) is 33.6 Å². The number of likely N-dealkylation sites (tertiary alicyclic amines) is 1. The Kier molecular flexibility index (Phi) is 5.39. The van der Waals surface area contributed by atoms with E-state index in [9.17, 15) is 14.7 Å². The summed E-state index contributed by atoms with van der Waals surface area (Å²) in [6, 6.07) is 0.0143. The van der Waals surface area contributed by atoms with Gasteiger partial charge in [0.15, 0.2) is 0 Å². The Morgan fingerprint density at radius 2 is 1.95 bits per heavy atom. The van der Waals surface area contributed by atoms with E-state index in [-0.39, 0.29) is 12.1 Å². The molecule has 0 bridgehead atoms. The number of carboxylic acids is 1. The number of amides is 2. The lowest BCUT2D eigenvalue weighted by Crippen LogP contribution is -2.58. The summed E-state index contributed by atoms with van der Waals surface area (Å²) in [5.74, 6) is -0.976. The quantitative estimate of drug-likeness (QED) is 0.827. The minimum Gasteiger partial charge on any atom is -0.480 e. The van der Waals surface area contributed by atoms with Gasteiger partial charge in [0.1, 0.15) is 5.54 Å². The van der Waals surface area contributed by atoms with E-state index in [1.807, 2.05) is 25.9 Å². The molecular weight excluding hydrogens is 258 g/mol. The van der Waals surface area contributed by atoms with Crippen LogP contribution in [0.15, 0.2) is 0 Å². The predicted molar refractivity (Wildman–Crippen MR) is 77.8 cm³/mol. The molecule has 0 spiro atoms. The monoisotopic (exact) mass is 285 g/mol. The minimum absolute atomic E-state index is 0.163. The van der Waals surface area contributed by atoms with E-state index in [1.54, 1.807) is 13.8 Å². The molecule has 0 saturated carbocycles. The lowest BCUT2D eigenvalue weighted by molar-refractivity contribution is -0.147. The molecule has 1 aliphatic heterocycles. The smallest absolute Gasteiger partial charge is 0.329 e. The Bertz CT molecular complexity index is 369. The van der Waals surface area contributed by atoms with Gasteiger partial charge in [0.25, 0.3) is 0 Å². The Labute approximate surface area is 121 Å². The lowest BCUT2D eigenvalue weighted by atomic mass is 10.0. The van der Waals surface area contributed by atoms with Crippen molar-refractivity contribution in [3.05, 3.63) is 0 Å². The van der Waals surface area contributed by atoms with E-state index in [0.29, 0.717) is 13.1 Å². The number of urea groups is 1. The number of aliphatic carboxylic acids is 1. The Balaban J connectivity index is 2.88. The van der Waals surface area contributed by atoms with Gasteiger partial charge >= 0.3 is 12.0 Å². The fraction of sp³-hybridized carbons (Fsp3) is 0.857. The van der Waals surface area contributed by atoms with Crippen LogP contribution in [0, 0.1) is 0 Å². The van der Waals surface area contributed by atoms with Crippen LogP contribution in [0.2, 0.25) is 0 Å². The molecule has 0 aromatic carbocycles. The average molecular weight is 285 g/mol. The van der Waals surface area contributed by atoms with E-state index < -0.39 is 11.5 Å². The summed E-state index contributed by atoms with van der Waals surface area (Å²) >= 11 is 0. The second kappa shape index (κ2) is 6.43. The van der Waals surface area contributed by atoms with Crippen molar-refractivity contribution in [3.8, 4) is 0 Å². The largest absolute Gasteiger partial charge is 0.480 e. The van der Waals surface area contributed by atoms with Gasteiger partial charge < -0.3 is 19.8 Å². The van der Waals surface area contributed by atoms with E-state index >= 15 is 0 Å². The van der Waals surface area contributed by atoms with Gasteiger partial charge in [-0.25, -0.2) is 9.59 Å². The summed E-state index contributed by atoms with van der Waals surface area (Å²) in [7, 11) is 3.97. The van der Waals surface area contributed by atoms with Crippen molar-refractivity contribution in [1.82, 2.24) is 14.7 Å². The fourth-order valence-electron chi connectivity index (χ4n) is 2.74. The summed E-state index contributed by atoms with van der Waals surface area (Å²) in [6.45, 7) is 6.89. The first-order valence-electron chi connectivity index (χ1n) is 7.18. The molecule has 6 heteroatoms. The number of likely N-dealkylation sites (N-methyl/N-ethyl adjacent to an activating group) is 2. The summed E-state index contributed by atoms with van der Waals surface area (Å²) in [4.78, 5) is 29.4. The summed E-state index contributed by atoms with van der Waals surface area (Å²) in [5.41, 5.74) is -1.18. The Hall–Kier alpha value is -1.30. The summed E-state index contributed by atoms with van der Waals surface area (Å²) in [5, 5.41) is 9.33. The molecule has 1 unspecified atom stereocenters. The van der Waals surface area contributed by atoms with Gasteiger partial charge in [0, 0.05) is 25.7 Å². The number of carbonyl (C=O) groups is 2. The second-order valence-corrected chi connectivity index (χ2v) is 6.14. The standard InChI is InChI=1S/C14H27N3O3/c1-6-17(14(2,3)12(18)19)13(20)16-9-7-8-11(16)10-15(4)5/h11H,6-10H2,1-5H3,(H,18,19). The molecule has 1 N–H and O–H groups in total. The van der Waals surface area contributed by atoms with Crippen molar-refractivity contribution in [2.75, 3.05) is 33.7 Å². The maximum absolute atomic E-state index is 12.7. The van der Waals surface area contributed by atoms with Gasteiger partial charge in [-0.15, -0.1) is 0 Å². The molecule has 1 atom stereocenters. The van der Waals surface area contributed by atoms with Gasteiger partial charge in [-0.1, -0.05) is 0 Å². The van der Waals surface area contributed by atoms with Crippen LogP contribution in [0.4, 0.5) is 4.79 Å². The molecule has 6 nitrogen and oxygen atoms in total. The van der Waals surface area contributed by atoms with Crippen LogP contribution in [0.5, 0.6) is 0 Å². The number of nitrogens with zero attached hydrogens (tertiary/aromatic N) is 3. The fourth-order valence-corrected chi connectivity index (χ4v) is 2.74. The van der Waals surface area contributed by atoms with E-state index in [2.05, 4.69) is 4.90 Å². The van der Waals surface area contributed by atoms with Gasteiger partial charge in [-0.3, -0.25) is 0 Å². The molecular formula is C14H27N3O3. The molecule has 0 aromatic rings. The highest BCUT2D eigenvalue weighted by Crippen LogP contribution is 2.23. The second-order valence-electron chi connectivity index (χ2n) is 6.14. The first kappa shape index (κ1) is 16.8. The third kappa shape index (κ3) is 3.42. The molecule has 1 heterocycles. The van der Waals surface area contributed by atoms with Crippen molar-refractivity contribution >= 4 is 12.0 Å². The van der Waals surface area contributed by atoms with Crippen LogP contribution in [-0.4, -0.2) is 77.1 Å². The van der Waals surface area contributed by atoms with Crippen molar-refractivity contribution in [2.24, 2.45) is 0 Å². The van der Waals surface area contributed by atoms with Gasteiger partial charge in [0.05, 0.1) is 0 Å². The molecule has 20 heavy (non-hydrogen) atoms. The number of hydrogen-bond donors (Lipinski definition) is 1. The topological polar surface area (TPSA) is 64.1 Å². The van der Waals surface area contributed by atoms with E-state index in [1.165, 1.54) is 4.90 Å². The zero-order chi connectivity index (χ0) is 15.5. The van der Waals surface area contributed by atoms with Crippen LogP contribution in [0.3, 0.4) is 0 Å². The van der Waals surface area contributed by atoms with Crippen molar-refractivity contribution < 1.29 is 14.7 Å². The SMILES string of the molecule is CCN(C(=O)N1CCCC1CN(C)C)C(C)(C)C(=O)O.